The lowest BCUT2D eigenvalue weighted by atomic mass is 10.2. The van der Waals surface area contributed by atoms with Gasteiger partial charge in [0.15, 0.2) is 6.10 Å². The Bertz CT molecular complexity index is 865. The summed E-state index contributed by atoms with van der Waals surface area (Å²) in [4.78, 5) is 24.0. The number of carbonyl (C=O) groups excluding carboxylic acids is 2. The Morgan fingerprint density at radius 1 is 1.04 bits per heavy atom. The van der Waals surface area contributed by atoms with E-state index in [0.717, 1.165) is 5.56 Å². The lowest BCUT2D eigenvalue weighted by Gasteiger charge is -2.13. The number of aryl methyl sites for hydroxylation is 1. The van der Waals surface area contributed by atoms with Crippen LogP contribution in [0.25, 0.3) is 6.08 Å². The zero-order valence-electron chi connectivity index (χ0n) is 14.1. The predicted octanol–water partition coefficient (Wildman–Crippen LogP) is 5.54. The molecule has 1 unspecified atom stereocenters. The smallest absolute Gasteiger partial charge is 0.331 e. The van der Waals surface area contributed by atoms with E-state index in [0.29, 0.717) is 26.3 Å². The van der Waals surface area contributed by atoms with Crippen LogP contribution in [0.5, 0.6) is 0 Å². The fourth-order valence-corrected chi connectivity index (χ4v) is 2.45. The maximum Gasteiger partial charge on any atom is 0.331 e. The van der Waals surface area contributed by atoms with Crippen molar-refractivity contribution in [3.05, 3.63) is 68.7 Å². The summed E-state index contributed by atoms with van der Waals surface area (Å²) in [5.41, 5.74) is 2.11. The van der Waals surface area contributed by atoms with Gasteiger partial charge in [-0.05, 0) is 55.3 Å². The minimum absolute atomic E-state index is 0.381. The highest BCUT2D eigenvalue weighted by Gasteiger charge is 2.17. The van der Waals surface area contributed by atoms with Crippen molar-refractivity contribution in [3.8, 4) is 0 Å². The SMILES string of the molecule is Cc1ccc(NC(=O)C(C)OC(=O)/C=C/c2ccc(Cl)c(Cl)c2)cc1Cl. The number of esters is 1. The number of rotatable bonds is 5. The highest BCUT2D eigenvalue weighted by molar-refractivity contribution is 6.42. The molecule has 0 aliphatic rings. The van der Waals surface area contributed by atoms with Crippen molar-refractivity contribution in [2.24, 2.45) is 0 Å². The van der Waals surface area contributed by atoms with E-state index in [1.165, 1.54) is 19.1 Å². The van der Waals surface area contributed by atoms with Gasteiger partial charge in [0, 0.05) is 16.8 Å². The number of hydrogen-bond donors (Lipinski definition) is 1. The zero-order valence-corrected chi connectivity index (χ0v) is 16.3. The second-order valence-corrected chi connectivity index (χ2v) is 6.76. The second-order valence-electron chi connectivity index (χ2n) is 5.54. The van der Waals surface area contributed by atoms with Crippen LogP contribution in [-0.2, 0) is 14.3 Å². The molecule has 0 bridgehead atoms. The van der Waals surface area contributed by atoms with Crippen molar-refractivity contribution in [2.45, 2.75) is 20.0 Å². The fourth-order valence-electron chi connectivity index (χ4n) is 1.96. The molecule has 2 aromatic rings. The van der Waals surface area contributed by atoms with Crippen LogP contribution in [0, 0.1) is 6.92 Å². The number of hydrogen-bond acceptors (Lipinski definition) is 3. The fraction of sp³-hybridized carbons (Fsp3) is 0.158. The van der Waals surface area contributed by atoms with Gasteiger partial charge in [-0.1, -0.05) is 46.9 Å². The molecule has 1 atom stereocenters. The van der Waals surface area contributed by atoms with E-state index in [9.17, 15) is 9.59 Å². The Balaban J connectivity index is 1.92. The predicted molar refractivity (Wildman–Crippen MR) is 106 cm³/mol. The average molecular weight is 413 g/mol. The third kappa shape index (κ3) is 5.77. The standard InChI is InChI=1S/C19H16Cl3NO3/c1-11-3-6-14(10-16(11)21)23-19(25)12(2)26-18(24)8-5-13-4-7-15(20)17(22)9-13/h3-10,12H,1-2H3,(H,23,25)/b8-5+. The first-order valence-corrected chi connectivity index (χ1v) is 8.80. The molecule has 7 heteroatoms. The van der Waals surface area contributed by atoms with Gasteiger partial charge in [0.1, 0.15) is 0 Å². The van der Waals surface area contributed by atoms with Gasteiger partial charge in [-0.2, -0.15) is 0 Å². The van der Waals surface area contributed by atoms with Gasteiger partial charge in [0.2, 0.25) is 0 Å². The molecule has 136 valence electrons. The van der Waals surface area contributed by atoms with Crippen LogP contribution < -0.4 is 5.32 Å². The minimum Gasteiger partial charge on any atom is -0.449 e. The quantitative estimate of drug-likeness (QED) is 0.518. The van der Waals surface area contributed by atoms with Crippen molar-refractivity contribution in [3.63, 3.8) is 0 Å². The van der Waals surface area contributed by atoms with Gasteiger partial charge in [-0.3, -0.25) is 4.79 Å². The number of carbonyl (C=O) groups is 2. The van der Waals surface area contributed by atoms with Crippen molar-refractivity contribution in [1.29, 1.82) is 0 Å². The summed E-state index contributed by atoms with van der Waals surface area (Å²) < 4.78 is 5.08. The third-order valence-electron chi connectivity index (χ3n) is 3.46. The molecule has 0 fully saturated rings. The van der Waals surface area contributed by atoms with Gasteiger partial charge < -0.3 is 10.1 Å². The summed E-state index contributed by atoms with van der Waals surface area (Å²) >= 11 is 17.8. The van der Waals surface area contributed by atoms with Crippen LogP contribution in [0.3, 0.4) is 0 Å². The van der Waals surface area contributed by atoms with E-state index in [-0.39, 0.29) is 0 Å². The largest absolute Gasteiger partial charge is 0.449 e. The van der Waals surface area contributed by atoms with Gasteiger partial charge in [-0.15, -0.1) is 0 Å². The average Bonchev–Trinajstić information content (AvgIpc) is 2.59. The Labute approximate surface area is 166 Å². The van der Waals surface area contributed by atoms with Gasteiger partial charge >= 0.3 is 5.97 Å². The zero-order chi connectivity index (χ0) is 19.3. The second kappa shape index (κ2) is 9.08. The maximum atomic E-state index is 12.1. The number of benzene rings is 2. The van der Waals surface area contributed by atoms with Crippen LogP contribution in [0.15, 0.2) is 42.5 Å². The number of ether oxygens (including phenoxy) is 1. The Morgan fingerprint density at radius 2 is 1.77 bits per heavy atom. The van der Waals surface area contributed by atoms with Crippen LogP contribution in [0.2, 0.25) is 15.1 Å². The molecule has 0 aliphatic carbocycles. The molecular formula is C19H16Cl3NO3. The Hall–Kier alpha value is -2.01. The summed E-state index contributed by atoms with van der Waals surface area (Å²) in [6.45, 7) is 3.34. The first-order valence-electron chi connectivity index (χ1n) is 7.67. The van der Waals surface area contributed by atoms with E-state index in [1.54, 1.807) is 36.4 Å². The number of anilines is 1. The van der Waals surface area contributed by atoms with Crippen molar-refractivity contribution in [2.75, 3.05) is 5.32 Å². The molecule has 0 spiro atoms. The molecule has 0 aromatic heterocycles. The normalized spacial score (nSPS) is 12.0. The molecule has 1 N–H and O–H groups in total. The van der Waals surface area contributed by atoms with Crippen LogP contribution in [-0.4, -0.2) is 18.0 Å². The molecule has 2 rings (SSSR count). The molecule has 4 nitrogen and oxygen atoms in total. The van der Waals surface area contributed by atoms with E-state index in [2.05, 4.69) is 5.32 Å². The van der Waals surface area contributed by atoms with Crippen LogP contribution in [0.1, 0.15) is 18.1 Å². The van der Waals surface area contributed by atoms with Gasteiger partial charge in [0.25, 0.3) is 5.91 Å². The first kappa shape index (κ1) is 20.3. The van der Waals surface area contributed by atoms with E-state index < -0.39 is 18.0 Å². The Kier molecular flexibility index (Phi) is 7.09. The van der Waals surface area contributed by atoms with Crippen LogP contribution in [0.4, 0.5) is 5.69 Å². The topological polar surface area (TPSA) is 55.4 Å². The monoisotopic (exact) mass is 411 g/mol. The number of amides is 1. The van der Waals surface area contributed by atoms with Crippen molar-refractivity contribution >= 4 is 58.4 Å². The molecule has 2 aromatic carbocycles. The lowest BCUT2D eigenvalue weighted by Crippen LogP contribution is -2.29. The summed E-state index contributed by atoms with van der Waals surface area (Å²) in [5.74, 6) is -1.11. The van der Waals surface area contributed by atoms with Crippen LogP contribution >= 0.6 is 34.8 Å². The van der Waals surface area contributed by atoms with E-state index in [1.807, 2.05) is 6.92 Å². The summed E-state index contributed by atoms with van der Waals surface area (Å²) in [5, 5.41) is 3.99. The highest BCUT2D eigenvalue weighted by atomic mass is 35.5. The van der Waals surface area contributed by atoms with Crippen molar-refractivity contribution < 1.29 is 14.3 Å². The Morgan fingerprint density at radius 3 is 2.42 bits per heavy atom. The number of nitrogens with one attached hydrogen (secondary N) is 1. The van der Waals surface area contributed by atoms with Gasteiger partial charge in [0.05, 0.1) is 10.0 Å². The molecule has 0 saturated heterocycles. The third-order valence-corrected chi connectivity index (χ3v) is 4.60. The van der Waals surface area contributed by atoms with Gasteiger partial charge in [-0.25, -0.2) is 4.79 Å². The molecule has 0 radical (unpaired) electrons. The molecule has 0 aliphatic heterocycles. The summed E-state index contributed by atoms with van der Waals surface area (Å²) in [6, 6.07) is 10.1. The van der Waals surface area contributed by atoms with E-state index >= 15 is 0 Å². The maximum absolute atomic E-state index is 12.1. The molecule has 26 heavy (non-hydrogen) atoms. The first-order chi connectivity index (χ1) is 12.3. The highest BCUT2D eigenvalue weighted by Crippen LogP contribution is 2.23. The molecule has 1 amide bonds. The lowest BCUT2D eigenvalue weighted by molar-refractivity contribution is -0.148. The number of halogens is 3. The molecule has 0 heterocycles. The van der Waals surface area contributed by atoms with Crippen molar-refractivity contribution in [1.82, 2.24) is 0 Å². The molecular weight excluding hydrogens is 397 g/mol. The molecule has 0 saturated carbocycles. The van der Waals surface area contributed by atoms with E-state index in [4.69, 9.17) is 39.5 Å². The minimum atomic E-state index is -0.971. The summed E-state index contributed by atoms with van der Waals surface area (Å²) in [7, 11) is 0. The summed E-state index contributed by atoms with van der Waals surface area (Å²) in [6.07, 6.45) is 1.77.